The number of benzene rings is 2. The van der Waals surface area contributed by atoms with Gasteiger partial charge in [-0.2, -0.15) is 0 Å². The van der Waals surface area contributed by atoms with Crippen molar-refractivity contribution in [3.63, 3.8) is 0 Å². The second-order valence-corrected chi connectivity index (χ2v) is 12.4. The molecule has 2 aromatic carbocycles. The fourth-order valence-corrected chi connectivity index (χ4v) is 8.07. The van der Waals surface area contributed by atoms with Crippen LogP contribution in [0, 0.1) is 47.3 Å². The first-order chi connectivity index (χ1) is 19.2. The van der Waals surface area contributed by atoms with Crippen LogP contribution in [0.15, 0.2) is 97.9 Å². The third-order valence-corrected chi connectivity index (χ3v) is 10.1. The van der Waals surface area contributed by atoms with Gasteiger partial charge in [0.2, 0.25) is 11.8 Å². The molecule has 0 aromatic heterocycles. The van der Waals surface area contributed by atoms with Gasteiger partial charge in [0.15, 0.2) is 0 Å². The Balaban J connectivity index is 1.16. The zero-order valence-corrected chi connectivity index (χ0v) is 23.9. The predicted molar refractivity (Wildman–Crippen MR) is 162 cm³/mol. The number of carbonyl (C=O) groups is 2. The zero-order chi connectivity index (χ0) is 28.3. The number of anilines is 2. The average Bonchev–Trinajstić information content (AvgIpc) is 3.53. The lowest BCUT2D eigenvalue weighted by molar-refractivity contribution is -0.122. The summed E-state index contributed by atoms with van der Waals surface area (Å²) < 4.78 is 0. The van der Waals surface area contributed by atoms with Gasteiger partial charge in [-0.3, -0.25) is 14.5 Å². The van der Waals surface area contributed by atoms with Crippen LogP contribution in [0.4, 0.5) is 11.4 Å². The minimum atomic E-state index is -0.256. The minimum absolute atomic E-state index is 0.0515. The molecule has 0 N–H and O–H groups in total. The lowest BCUT2D eigenvalue weighted by Gasteiger charge is -2.29. The number of carbonyl (C=O) groups excluding carboxylic acids is 2. The molecular weight excluding hydrogens is 492 g/mol. The van der Waals surface area contributed by atoms with E-state index in [4.69, 9.17) is 0 Å². The maximum Gasteiger partial charge on any atom is 0.238 e. The fraction of sp³-hybridized carbons (Fsp3) is 0.389. The summed E-state index contributed by atoms with van der Waals surface area (Å²) in [5, 5.41) is 0. The highest BCUT2D eigenvalue weighted by Crippen LogP contribution is 2.56. The van der Waals surface area contributed by atoms with E-state index in [0.717, 1.165) is 41.9 Å². The van der Waals surface area contributed by atoms with Crippen molar-refractivity contribution < 1.29 is 9.59 Å². The van der Waals surface area contributed by atoms with Gasteiger partial charge < -0.3 is 4.90 Å². The molecule has 8 atom stereocenters. The molecule has 2 saturated heterocycles. The summed E-state index contributed by atoms with van der Waals surface area (Å²) in [7, 11) is 0. The normalized spacial score (nSPS) is 33.1. The van der Waals surface area contributed by atoms with E-state index in [1.807, 2.05) is 31.2 Å². The molecular formula is C36H40N2O2. The van der Waals surface area contributed by atoms with Gasteiger partial charge in [0.25, 0.3) is 0 Å². The molecule has 0 radical (unpaired) electrons. The van der Waals surface area contributed by atoms with E-state index in [-0.39, 0.29) is 35.5 Å². The van der Waals surface area contributed by atoms with E-state index in [1.165, 1.54) is 10.5 Å². The number of fused-ring (bicyclic) bond motifs is 2. The molecule has 3 fully saturated rings. The molecule has 2 aliphatic heterocycles. The highest BCUT2D eigenvalue weighted by atomic mass is 16.2. The summed E-state index contributed by atoms with van der Waals surface area (Å²) in [6.45, 7) is 19.5. The third kappa shape index (κ3) is 4.03. The molecule has 2 aliphatic carbocycles. The summed E-state index contributed by atoms with van der Waals surface area (Å²) in [4.78, 5) is 30.4. The van der Waals surface area contributed by atoms with Crippen molar-refractivity contribution in [3.05, 3.63) is 109 Å². The van der Waals surface area contributed by atoms with Gasteiger partial charge in [-0.15, -0.1) is 6.58 Å². The quantitative estimate of drug-likeness (QED) is 0.285. The van der Waals surface area contributed by atoms with E-state index >= 15 is 0 Å². The number of hydrogen-bond acceptors (Lipinski definition) is 3. The van der Waals surface area contributed by atoms with Crippen LogP contribution in [-0.4, -0.2) is 11.8 Å². The molecule has 2 heterocycles. The van der Waals surface area contributed by atoms with E-state index in [2.05, 4.69) is 81.0 Å². The molecule has 6 rings (SSSR count). The van der Waals surface area contributed by atoms with Crippen molar-refractivity contribution in [1.29, 1.82) is 0 Å². The van der Waals surface area contributed by atoms with Crippen LogP contribution < -0.4 is 9.80 Å². The molecule has 4 nitrogen and oxygen atoms in total. The van der Waals surface area contributed by atoms with Gasteiger partial charge >= 0.3 is 0 Å². The number of hydrogen-bond donors (Lipinski definition) is 0. The zero-order valence-electron chi connectivity index (χ0n) is 23.9. The van der Waals surface area contributed by atoms with Crippen LogP contribution in [0.2, 0.25) is 0 Å². The smallest absolute Gasteiger partial charge is 0.238 e. The monoisotopic (exact) mass is 532 g/mol. The summed E-state index contributed by atoms with van der Waals surface area (Å²) in [6.07, 6.45) is 9.13. The molecule has 4 heteroatoms. The summed E-state index contributed by atoms with van der Waals surface area (Å²) >= 11 is 0. The number of rotatable bonds is 6. The number of amides is 2. The maximum atomic E-state index is 13.4. The first-order valence-corrected chi connectivity index (χ1v) is 14.8. The average molecular weight is 533 g/mol. The van der Waals surface area contributed by atoms with Crippen LogP contribution in [-0.2, 0) is 16.0 Å². The van der Waals surface area contributed by atoms with Gasteiger partial charge in [-0.05, 0) is 78.3 Å². The van der Waals surface area contributed by atoms with Crippen molar-refractivity contribution in [2.45, 2.75) is 40.0 Å². The topological polar surface area (TPSA) is 40.6 Å². The van der Waals surface area contributed by atoms with E-state index in [9.17, 15) is 9.59 Å². The van der Waals surface area contributed by atoms with Crippen LogP contribution in [0.1, 0.15) is 44.7 Å². The van der Waals surface area contributed by atoms with Gasteiger partial charge in [0, 0.05) is 28.9 Å². The molecule has 4 aliphatic rings. The molecule has 0 spiro atoms. The Morgan fingerprint density at radius 3 is 1.90 bits per heavy atom. The first kappa shape index (κ1) is 26.6. The summed E-state index contributed by atoms with van der Waals surface area (Å²) in [5.74, 6) is 1.46. The molecule has 8 unspecified atom stereocenters. The van der Waals surface area contributed by atoms with Crippen LogP contribution in [0.25, 0.3) is 0 Å². The number of allylic oxidation sites excluding steroid dienone is 5. The third-order valence-electron chi connectivity index (χ3n) is 10.1. The Morgan fingerprint density at radius 1 is 0.775 bits per heavy atom. The lowest BCUT2D eigenvalue weighted by Crippen LogP contribution is -2.32. The van der Waals surface area contributed by atoms with Crippen LogP contribution >= 0.6 is 0 Å². The summed E-state index contributed by atoms with van der Waals surface area (Å²) in [5.41, 5.74) is 6.41. The Morgan fingerprint density at radius 2 is 1.32 bits per heavy atom. The summed E-state index contributed by atoms with van der Waals surface area (Å²) in [6, 6.07) is 16.6. The number of nitrogens with zero attached hydrogens (tertiary/aromatic N) is 2. The molecule has 2 amide bonds. The second kappa shape index (κ2) is 10.1. The molecule has 2 aromatic rings. The minimum Gasteiger partial charge on any atom is -0.318 e. The van der Waals surface area contributed by atoms with E-state index in [1.54, 1.807) is 0 Å². The Labute approximate surface area is 238 Å². The largest absolute Gasteiger partial charge is 0.318 e. The SMILES string of the molecule is C=CC1CC(C)C2C(=C)N(c3ccc(Cc4ccc(N5C(=O)C6C(C)C=CC(CC)C6C5=O)cc4)cc3)C(=C)C12. The van der Waals surface area contributed by atoms with Crippen molar-refractivity contribution in [1.82, 2.24) is 0 Å². The lowest BCUT2D eigenvalue weighted by atomic mass is 9.71. The van der Waals surface area contributed by atoms with Crippen molar-refractivity contribution in [3.8, 4) is 0 Å². The van der Waals surface area contributed by atoms with Crippen molar-refractivity contribution in [2.24, 2.45) is 47.3 Å². The Hall–Kier alpha value is -3.66. The van der Waals surface area contributed by atoms with Gasteiger partial charge in [-0.25, -0.2) is 0 Å². The van der Waals surface area contributed by atoms with E-state index in [0.29, 0.717) is 29.4 Å². The van der Waals surface area contributed by atoms with Gasteiger partial charge in [0.1, 0.15) is 0 Å². The van der Waals surface area contributed by atoms with Crippen molar-refractivity contribution in [2.75, 3.05) is 9.80 Å². The van der Waals surface area contributed by atoms with Crippen molar-refractivity contribution >= 4 is 23.2 Å². The Kier molecular flexibility index (Phi) is 6.68. The molecule has 0 bridgehead atoms. The Bertz CT molecular complexity index is 1400. The first-order valence-electron chi connectivity index (χ1n) is 14.8. The standard InChI is InChI=1S/C36H40N2O2/c1-7-27-14-9-21(3)32-34(27)36(40)38(35(32)39)30-17-12-26(13-18-30)20-25-10-15-29(16-11-25)37-23(5)31-22(4)19-28(8-2)33(31)24(37)6/h8-18,21-22,27-28,31-34H,2,5-7,19-20H2,1,3-4H3. The van der Waals surface area contributed by atoms with Gasteiger partial charge in [-0.1, -0.05) is 76.4 Å². The highest BCUT2D eigenvalue weighted by Gasteiger charge is 2.53. The molecule has 1 saturated carbocycles. The fourth-order valence-electron chi connectivity index (χ4n) is 8.07. The van der Waals surface area contributed by atoms with Gasteiger partial charge in [0.05, 0.1) is 17.5 Å². The predicted octanol–water partition coefficient (Wildman–Crippen LogP) is 7.54. The number of imide groups is 1. The van der Waals surface area contributed by atoms with Crippen LogP contribution in [0.3, 0.4) is 0 Å². The highest BCUT2D eigenvalue weighted by molar-refractivity contribution is 6.22. The second-order valence-electron chi connectivity index (χ2n) is 12.4. The van der Waals surface area contributed by atoms with Crippen LogP contribution in [0.5, 0.6) is 0 Å². The van der Waals surface area contributed by atoms with E-state index < -0.39 is 0 Å². The molecule has 40 heavy (non-hydrogen) atoms. The molecule has 206 valence electrons. The maximum absolute atomic E-state index is 13.4.